The number of hydrogen-bond donors (Lipinski definition) is 1. The molecule has 0 bridgehead atoms. The molecule has 4 heteroatoms. The third-order valence-corrected chi connectivity index (χ3v) is 4.47. The fourth-order valence-electron chi connectivity index (χ4n) is 2.29. The van der Waals surface area contributed by atoms with E-state index in [4.69, 9.17) is 21.8 Å². The van der Waals surface area contributed by atoms with Crippen LogP contribution in [0.3, 0.4) is 0 Å². The van der Waals surface area contributed by atoms with Gasteiger partial charge in [-0.2, -0.15) is 0 Å². The third-order valence-electron chi connectivity index (χ3n) is 3.36. The molecule has 3 aromatic rings. The summed E-state index contributed by atoms with van der Waals surface area (Å²) in [5.74, 6) is 0.815. The number of hydrogen-bond acceptors (Lipinski definition) is 3. The molecule has 1 atom stereocenters. The molecule has 2 aromatic heterocycles. The van der Waals surface area contributed by atoms with Crippen LogP contribution in [-0.4, -0.2) is 0 Å². The first kappa shape index (κ1) is 12.7. The van der Waals surface area contributed by atoms with Crippen molar-refractivity contribution in [3.63, 3.8) is 0 Å². The maximum absolute atomic E-state index is 6.29. The Balaban J connectivity index is 2.12. The highest BCUT2D eigenvalue weighted by Crippen LogP contribution is 2.34. The summed E-state index contributed by atoms with van der Waals surface area (Å²) in [7, 11) is 0. The summed E-state index contributed by atoms with van der Waals surface area (Å²) >= 11 is 7.45. The zero-order valence-electron chi connectivity index (χ0n) is 10.7. The molecule has 0 amide bonds. The second-order valence-electron chi connectivity index (χ2n) is 4.75. The van der Waals surface area contributed by atoms with Gasteiger partial charge in [0.25, 0.3) is 0 Å². The topological polar surface area (TPSA) is 39.2 Å². The van der Waals surface area contributed by atoms with Crippen LogP contribution in [0.25, 0.3) is 11.0 Å². The number of halogens is 1. The molecule has 0 aliphatic rings. The highest BCUT2D eigenvalue weighted by Gasteiger charge is 2.19. The molecule has 0 spiro atoms. The van der Waals surface area contributed by atoms with Crippen LogP contribution in [0.2, 0.25) is 4.34 Å². The number of furan rings is 1. The van der Waals surface area contributed by atoms with Gasteiger partial charge in [0, 0.05) is 10.9 Å². The Morgan fingerprint density at radius 2 is 2.05 bits per heavy atom. The molecule has 0 saturated carbocycles. The molecular weight excluding hydrogens is 278 g/mol. The predicted molar refractivity (Wildman–Crippen MR) is 81.0 cm³/mol. The van der Waals surface area contributed by atoms with Crippen LogP contribution in [-0.2, 0) is 0 Å². The first-order valence-electron chi connectivity index (χ1n) is 6.05. The van der Waals surface area contributed by atoms with Crippen LogP contribution in [0, 0.1) is 13.8 Å². The van der Waals surface area contributed by atoms with Crippen molar-refractivity contribution in [3.05, 3.63) is 56.4 Å². The molecule has 0 aliphatic heterocycles. The van der Waals surface area contributed by atoms with Crippen molar-refractivity contribution in [1.82, 2.24) is 0 Å². The zero-order chi connectivity index (χ0) is 13.6. The van der Waals surface area contributed by atoms with Gasteiger partial charge in [-0.3, -0.25) is 0 Å². The number of fused-ring (bicyclic) bond motifs is 1. The van der Waals surface area contributed by atoms with Crippen LogP contribution < -0.4 is 5.73 Å². The van der Waals surface area contributed by atoms with Gasteiger partial charge >= 0.3 is 0 Å². The fourth-order valence-corrected chi connectivity index (χ4v) is 3.21. The number of rotatable bonds is 2. The Morgan fingerprint density at radius 1 is 1.26 bits per heavy atom. The molecule has 1 aromatic carbocycles. The van der Waals surface area contributed by atoms with Gasteiger partial charge < -0.3 is 10.2 Å². The monoisotopic (exact) mass is 291 g/mol. The van der Waals surface area contributed by atoms with Crippen LogP contribution in [0.15, 0.2) is 34.1 Å². The number of thiophene rings is 1. The fraction of sp³-hybridized carbons (Fsp3) is 0.200. The maximum atomic E-state index is 6.29. The van der Waals surface area contributed by atoms with Crippen molar-refractivity contribution in [2.24, 2.45) is 5.73 Å². The molecule has 1 unspecified atom stereocenters. The first-order valence-corrected chi connectivity index (χ1v) is 7.31. The minimum Gasteiger partial charge on any atom is -0.459 e. The van der Waals surface area contributed by atoms with Gasteiger partial charge in [0.1, 0.15) is 11.3 Å². The zero-order valence-corrected chi connectivity index (χ0v) is 12.3. The van der Waals surface area contributed by atoms with Gasteiger partial charge in [-0.15, -0.1) is 11.3 Å². The first-order chi connectivity index (χ1) is 9.06. The SMILES string of the molecule is Cc1ccc2c(C)c(C(N)c3csc(Cl)c3)oc2c1. The van der Waals surface area contributed by atoms with E-state index in [1.807, 2.05) is 24.4 Å². The van der Waals surface area contributed by atoms with Crippen molar-refractivity contribution < 1.29 is 4.42 Å². The van der Waals surface area contributed by atoms with E-state index >= 15 is 0 Å². The van der Waals surface area contributed by atoms with Crippen molar-refractivity contribution in [1.29, 1.82) is 0 Å². The van der Waals surface area contributed by atoms with E-state index in [1.54, 1.807) is 0 Å². The van der Waals surface area contributed by atoms with Crippen molar-refractivity contribution >= 4 is 33.9 Å². The third kappa shape index (κ3) is 2.18. The molecule has 3 rings (SSSR count). The molecule has 0 radical (unpaired) electrons. The second-order valence-corrected chi connectivity index (χ2v) is 6.30. The molecule has 2 N–H and O–H groups in total. The van der Waals surface area contributed by atoms with Gasteiger partial charge in [-0.05, 0) is 42.5 Å². The summed E-state index contributed by atoms with van der Waals surface area (Å²) in [5, 5.41) is 3.10. The molecule has 2 heterocycles. The van der Waals surface area contributed by atoms with Crippen LogP contribution in [0.1, 0.15) is 28.5 Å². The maximum Gasteiger partial charge on any atom is 0.134 e. The smallest absolute Gasteiger partial charge is 0.134 e. The average Bonchev–Trinajstić information content (AvgIpc) is 2.93. The summed E-state index contributed by atoms with van der Waals surface area (Å²) in [5.41, 5.74) is 10.5. The van der Waals surface area contributed by atoms with Gasteiger partial charge in [-0.1, -0.05) is 23.7 Å². The van der Waals surface area contributed by atoms with Crippen molar-refractivity contribution in [2.75, 3.05) is 0 Å². The highest BCUT2D eigenvalue weighted by atomic mass is 35.5. The van der Waals surface area contributed by atoms with E-state index in [0.717, 1.165) is 32.2 Å². The van der Waals surface area contributed by atoms with Crippen LogP contribution >= 0.6 is 22.9 Å². The lowest BCUT2D eigenvalue weighted by Crippen LogP contribution is -2.10. The van der Waals surface area contributed by atoms with Crippen molar-refractivity contribution in [3.8, 4) is 0 Å². The number of nitrogens with two attached hydrogens (primary N) is 1. The average molecular weight is 292 g/mol. The highest BCUT2D eigenvalue weighted by molar-refractivity contribution is 7.14. The quantitative estimate of drug-likeness (QED) is 0.736. The minimum absolute atomic E-state index is 0.267. The lowest BCUT2D eigenvalue weighted by molar-refractivity contribution is 0.521. The normalized spacial score (nSPS) is 13.1. The second kappa shape index (κ2) is 4.67. The van der Waals surface area contributed by atoms with Gasteiger partial charge in [0.05, 0.1) is 10.4 Å². The van der Waals surface area contributed by atoms with Gasteiger partial charge in [0.2, 0.25) is 0 Å². The minimum atomic E-state index is -0.267. The molecule has 0 saturated heterocycles. The lowest BCUT2D eigenvalue weighted by Gasteiger charge is -2.07. The molecular formula is C15H14ClNOS. The molecule has 0 fully saturated rings. The summed E-state index contributed by atoms with van der Waals surface area (Å²) < 4.78 is 6.69. The Hall–Kier alpha value is -1.29. The van der Waals surface area contributed by atoms with E-state index < -0.39 is 0 Å². The van der Waals surface area contributed by atoms with Gasteiger partial charge in [-0.25, -0.2) is 0 Å². The van der Waals surface area contributed by atoms with Crippen molar-refractivity contribution in [2.45, 2.75) is 19.9 Å². The summed E-state index contributed by atoms with van der Waals surface area (Å²) in [6.45, 7) is 4.10. The van der Waals surface area contributed by atoms with Crippen LogP contribution in [0.4, 0.5) is 0 Å². The Kier molecular flexibility index (Phi) is 3.13. The van der Waals surface area contributed by atoms with E-state index in [-0.39, 0.29) is 6.04 Å². The number of aryl methyl sites for hydroxylation is 2. The Labute approximate surface area is 120 Å². The summed E-state index contributed by atoms with van der Waals surface area (Å²) in [6, 6.07) is 7.84. The summed E-state index contributed by atoms with van der Waals surface area (Å²) in [4.78, 5) is 0. The Morgan fingerprint density at radius 3 is 2.74 bits per heavy atom. The number of benzene rings is 1. The van der Waals surface area contributed by atoms with Crippen LogP contribution in [0.5, 0.6) is 0 Å². The molecule has 98 valence electrons. The van der Waals surface area contributed by atoms with Gasteiger partial charge in [0.15, 0.2) is 0 Å². The lowest BCUT2D eigenvalue weighted by atomic mass is 10.0. The van der Waals surface area contributed by atoms with E-state index in [1.165, 1.54) is 16.9 Å². The molecule has 19 heavy (non-hydrogen) atoms. The predicted octanol–water partition coefficient (Wildman–Crippen LogP) is 4.81. The largest absolute Gasteiger partial charge is 0.459 e. The standard InChI is InChI=1S/C15H14ClNOS/c1-8-3-4-11-9(2)15(18-12(11)5-8)14(17)10-6-13(16)19-7-10/h3-7,14H,17H2,1-2H3. The van der Waals surface area contributed by atoms with E-state index in [9.17, 15) is 0 Å². The van der Waals surface area contributed by atoms with E-state index in [2.05, 4.69) is 19.1 Å². The van der Waals surface area contributed by atoms with E-state index in [0.29, 0.717) is 0 Å². The molecule has 2 nitrogen and oxygen atoms in total. The molecule has 0 aliphatic carbocycles. The summed E-state index contributed by atoms with van der Waals surface area (Å²) in [6.07, 6.45) is 0. The Bertz CT molecular complexity index is 744.